The van der Waals surface area contributed by atoms with E-state index in [0.717, 1.165) is 37.2 Å². The maximum atomic E-state index is 5.76. The molecule has 4 nitrogen and oxygen atoms in total. The predicted molar refractivity (Wildman–Crippen MR) is 55.1 cm³/mol. The van der Waals surface area contributed by atoms with Crippen LogP contribution in [-0.2, 0) is 0 Å². The quantitative estimate of drug-likeness (QED) is 0.735. The van der Waals surface area contributed by atoms with Crippen LogP contribution < -0.4 is 5.73 Å². The molecule has 2 N–H and O–H groups in total. The van der Waals surface area contributed by atoms with E-state index in [-0.39, 0.29) is 0 Å². The Kier molecular flexibility index (Phi) is 2.46. The first-order valence-electron chi connectivity index (χ1n) is 5.08. The van der Waals surface area contributed by atoms with Crippen LogP contribution in [-0.4, -0.2) is 30.2 Å². The summed E-state index contributed by atoms with van der Waals surface area (Å²) in [6, 6.07) is 0. The zero-order chi connectivity index (χ0) is 10.1. The number of aromatic nitrogens is 1. The van der Waals surface area contributed by atoms with Crippen molar-refractivity contribution in [2.75, 3.05) is 25.9 Å². The van der Waals surface area contributed by atoms with Crippen molar-refractivity contribution in [1.29, 1.82) is 0 Å². The fourth-order valence-corrected chi connectivity index (χ4v) is 2.19. The van der Waals surface area contributed by atoms with E-state index in [1.165, 1.54) is 0 Å². The Bertz CT molecular complexity index is 294. The molecule has 0 atom stereocenters. The van der Waals surface area contributed by atoms with Crippen molar-refractivity contribution in [3.63, 3.8) is 0 Å². The molecule has 0 amide bonds. The molecule has 1 aromatic rings. The number of nitrogen functional groups attached to an aromatic ring is 1. The molecule has 2 heterocycles. The van der Waals surface area contributed by atoms with Crippen molar-refractivity contribution in [2.24, 2.45) is 0 Å². The highest BCUT2D eigenvalue weighted by Gasteiger charge is 2.24. The van der Waals surface area contributed by atoms with Crippen LogP contribution >= 0.6 is 0 Å². The van der Waals surface area contributed by atoms with Crippen LogP contribution in [0.4, 0.5) is 5.88 Å². The second-order valence-electron chi connectivity index (χ2n) is 4.12. The SMILES string of the molecule is Cc1noc(N)c1C1CCN(C)CC1. The van der Waals surface area contributed by atoms with Crippen LogP contribution in [0.3, 0.4) is 0 Å². The number of aryl methyl sites for hydroxylation is 1. The van der Waals surface area contributed by atoms with Crippen LogP contribution in [0.5, 0.6) is 0 Å². The first kappa shape index (κ1) is 9.52. The maximum absolute atomic E-state index is 5.76. The summed E-state index contributed by atoms with van der Waals surface area (Å²) in [5.41, 5.74) is 7.86. The van der Waals surface area contributed by atoms with Crippen molar-refractivity contribution in [1.82, 2.24) is 10.1 Å². The number of rotatable bonds is 1. The Hall–Kier alpha value is -1.03. The Balaban J connectivity index is 2.15. The molecule has 1 aliphatic heterocycles. The van der Waals surface area contributed by atoms with E-state index >= 15 is 0 Å². The van der Waals surface area contributed by atoms with Gasteiger partial charge < -0.3 is 15.2 Å². The average Bonchev–Trinajstić information content (AvgIpc) is 2.49. The molecule has 0 spiro atoms. The molecule has 1 aromatic heterocycles. The molecule has 1 fully saturated rings. The van der Waals surface area contributed by atoms with Gasteiger partial charge in [-0.3, -0.25) is 0 Å². The van der Waals surface area contributed by atoms with Gasteiger partial charge in [-0.1, -0.05) is 5.16 Å². The standard InChI is InChI=1S/C10H17N3O/c1-7-9(10(11)14-12-7)8-3-5-13(2)6-4-8/h8H,3-6,11H2,1-2H3. The van der Waals surface area contributed by atoms with Crippen molar-refractivity contribution in [3.05, 3.63) is 11.3 Å². The number of nitrogens with two attached hydrogens (primary N) is 1. The summed E-state index contributed by atoms with van der Waals surface area (Å²) in [7, 11) is 2.15. The van der Waals surface area contributed by atoms with E-state index in [4.69, 9.17) is 10.3 Å². The number of anilines is 1. The Morgan fingerprint density at radius 1 is 1.43 bits per heavy atom. The summed E-state index contributed by atoms with van der Waals surface area (Å²) < 4.78 is 4.99. The van der Waals surface area contributed by atoms with Crippen LogP contribution in [0.1, 0.15) is 30.0 Å². The molecule has 0 saturated carbocycles. The molecule has 0 unspecified atom stereocenters. The lowest BCUT2D eigenvalue weighted by Crippen LogP contribution is -2.29. The molecule has 1 saturated heterocycles. The molecular formula is C10H17N3O. The normalized spacial score (nSPS) is 20.1. The molecule has 78 valence electrons. The third-order valence-electron chi connectivity index (χ3n) is 3.06. The summed E-state index contributed by atoms with van der Waals surface area (Å²) >= 11 is 0. The predicted octanol–water partition coefficient (Wildman–Crippen LogP) is 1.37. The lowest BCUT2D eigenvalue weighted by molar-refractivity contribution is 0.255. The highest BCUT2D eigenvalue weighted by Crippen LogP contribution is 2.33. The average molecular weight is 195 g/mol. The molecule has 2 rings (SSSR count). The smallest absolute Gasteiger partial charge is 0.225 e. The van der Waals surface area contributed by atoms with Crippen LogP contribution in [0, 0.1) is 6.92 Å². The van der Waals surface area contributed by atoms with E-state index in [1.807, 2.05) is 6.92 Å². The third kappa shape index (κ3) is 1.62. The van der Waals surface area contributed by atoms with Gasteiger partial charge in [0.15, 0.2) is 0 Å². The topological polar surface area (TPSA) is 55.3 Å². The summed E-state index contributed by atoms with van der Waals surface area (Å²) in [5.74, 6) is 1.05. The number of likely N-dealkylation sites (tertiary alicyclic amines) is 1. The summed E-state index contributed by atoms with van der Waals surface area (Å²) in [5, 5.41) is 3.90. The first-order chi connectivity index (χ1) is 6.68. The largest absolute Gasteiger partial charge is 0.367 e. The molecule has 0 bridgehead atoms. The maximum Gasteiger partial charge on any atom is 0.225 e. The van der Waals surface area contributed by atoms with Crippen LogP contribution in [0.2, 0.25) is 0 Å². The molecule has 1 aliphatic rings. The molecular weight excluding hydrogens is 178 g/mol. The lowest BCUT2D eigenvalue weighted by atomic mass is 9.89. The van der Waals surface area contributed by atoms with E-state index < -0.39 is 0 Å². The number of hydrogen-bond donors (Lipinski definition) is 1. The van der Waals surface area contributed by atoms with Gasteiger partial charge in [-0.05, 0) is 45.8 Å². The highest BCUT2D eigenvalue weighted by atomic mass is 16.5. The van der Waals surface area contributed by atoms with Crippen molar-refractivity contribution in [2.45, 2.75) is 25.7 Å². The van der Waals surface area contributed by atoms with Gasteiger partial charge >= 0.3 is 0 Å². The summed E-state index contributed by atoms with van der Waals surface area (Å²) in [6.45, 7) is 4.23. The van der Waals surface area contributed by atoms with Gasteiger partial charge in [0, 0.05) is 5.56 Å². The molecule has 0 radical (unpaired) electrons. The molecule has 0 aromatic carbocycles. The zero-order valence-electron chi connectivity index (χ0n) is 8.79. The highest BCUT2D eigenvalue weighted by molar-refractivity contribution is 5.41. The van der Waals surface area contributed by atoms with E-state index in [1.54, 1.807) is 0 Å². The first-order valence-corrected chi connectivity index (χ1v) is 5.08. The fraction of sp³-hybridized carbons (Fsp3) is 0.700. The van der Waals surface area contributed by atoms with E-state index in [9.17, 15) is 0 Å². The van der Waals surface area contributed by atoms with Gasteiger partial charge in [-0.2, -0.15) is 0 Å². The Morgan fingerprint density at radius 3 is 2.57 bits per heavy atom. The number of piperidine rings is 1. The Morgan fingerprint density at radius 2 is 2.07 bits per heavy atom. The van der Waals surface area contributed by atoms with Gasteiger partial charge in [0.2, 0.25) is 5.88 Å². The van der Waals surface area contributed by atoms with Gasteiger partial charge in [0.05, 0.1) is 5.69 Å². The van der Waals surface area contributed by atoms with Crippen LogP contribution in [0.25, 0.3) is 0 Å². The van der Waals surface area contributed by atoms with Gasteiger partial charge in [-0.25, -0.2) is 0 Å². The number of hydrogen-bond acceptors (Lipinski definition) is 4. The van der Waals surface area contributed by atoms with Gasteiger partial charge in [0.25, 0.3) is 0 Å². The fourth-order valence-electron chi connectivity index (χ4n) is 2.19. The minimum absolute atomic E-state index is 0.511. The summed E-state index contributed by atoms with van der Waals surface area (Å²) in [6.07, 6.45) is 2.31. The molecule has 14 heavy (non-hydrogen) atoms. The minimum atomic E-state index is 0.511. The summed E-state index contributed by atoms with van der Waals surface area (Å²) in [4.78, 5) is 2.34. The van der Waals surface area contributed by atoms with Gasteiger partial charge in [-0.15, -0.1) is 0 Å². The van der Waals surface area contributed by atoms with Crippen LogP contribution in [0.15, 0.2) is 4.52 Å². The lowest BCUT2D eigenvalue weighted by Gasteiger charge is -2.28. The van der Waals surface area contributed by atoms with Crippen molar-refractivity contribution in [3.8, 4) is 0 Å². The van der Waals surface area contributed by atoms with Crippen molar-refractivity contribution < 1.29 is 4.52 Å². The minimum Gasteiger partial charge on any atom is -0.367 e. The monoisotopic (exact) mass is 195 g/mol. The number of nitrogens with zero attached hydrogens (tertiary/aromatic N) is 2. The zero-order valence-corrected chi connectivity index (χ0v) is 8.79. The third-order valence-corrected chi connectivity index (χ3v) is 3.06. The van der Waals surface area contributed by atoms with Gasteiger partial charge in [0.1, 0.15) is 0 Å². The van der Waals surface area contributed by atoms with E-state index in [0.29, 0.717) is 11.8 Å². The van der Waals surface area contributed by atoms with Crippen molar-refractivity contribution >= 4 is 5.88 Å². The van der Waals surface area contributed by atoms with E-state index in [2.05, 4.69) is 17.1 Å². The second-order valence-corrected chi connectivity index (χ2v) is 4.12. The second kappa shape index (κ2) is 3.61. The molecule has 0 aliphatic carbocycles. The molecule has 4 heteroatoms. The Labute approximate surface area is 84.0 Å².